The molecule has 0 atom stereocenters. The van der Waals surface area contributed by atoms with Gasteiger partial charge in [-0.05, 0) is 51.8 Å². The van der Waals surface area contributed by atoms with Gasteiger partial charge in [-0.1, -0.05) is 18.2 Å². The number of rotatable bonds is 4. The van der Waals surface area contributed by atoms with Gasteiger partial charge in [0.15, 0.2) is 0 Å². The number of halogens is 2. The number of benzene rings is 2. The van der Waals surface area contributed by atoms with Gasteiger partial charge in [0.25, 0.3) is 5.91 Å². The Balaban J connectivity index is 1.85. The number of anilines is 1. The zero-order valence-corrected chi connectivity index (χ0v) is 14.8. The number of carbonyl (C=O) groups excluding carboxylic acids is 1. The average molecular weight is 412 g/mol. The van der Waals surface area contributed by atoms with Gasteiger partial charge in [-0.15, -0.1) is 0 Å². The van der Waals surface area contributed by atoms with Crippen molar-refractivity contribution in [1.29, 1.82) is 5.26 Å². The van der Waals surface area contributed by atoms with Crippen molar-refractivity contribution in [1.82, 2.24) is 14.8 Å². The molecule has 1 heterocycles. The molecule has 0 aliphatic rings. The lowest BCUT2D eigenvalue weighted by Gasteiger charge is -2.07. The molecule has 0 saturated heterocycles. The van der Waals surface area contributed by atoms with Crippen LogP contribution in [0.15, 0.2) is 65.2 Å². The summed E-state index contributed by atoms with van der Waals surface area (Å²) in [5.74, 6) is -1.13. The van der Waals surface area contributed by atoms with Crippen LogP contribution in [0.3, 0.4) is 0 Å². The van der Waals surface area contributed by atoms with Crippen LogP contribution < -0.4 is 5.32 Å². The first-order valence-electron chi connectivity index (χ1n) is 7.40. The van der Waals surface area contributed by atoms with Crippen molar-refractivity contribution in [2.24, 2.45) is 0 Å². The highest BCUT2D eigenvalue weighted by molar-refractivity contribution is 9.10. The maximum atomic E-state index is 14.3. The van der Waals surface area contributed by atoms with Gasteiger partial charge in [-0.2, -0.15) is 10.4 Å². The van der Waals surface area contributed by atoms with Crippen LogP contribution in [-0.2, 0) is 4.79 Å². The van der Waals surface area contributed by atoms with Gasteiger partial charge < -0.3 is 5.32 Å². The molecule has 6 nitrogen and oxygen atoms in total. The third-order valence-corrected chi connectivity index (χ3v) is 4.13. The molecule has 0 radical (unpaired) electrons. The van der Waals surface area contributed by atoms with Crippen LogP contribution >= 0.6 is 15.9 Å². The fourth-order valence-corrected chi connectivity index (χ4v) is 2.58. The lowest BCUT2D eigenvalue weighted by molar-refractivity contribution is -0.112. The number of para-hydroxylation sites is 1. The number of nitrogens with one attached hydrogen (secondary N) is 1. The Morgan fingerprint density at radius 1 is 1.31 bits per heavy atom. The summed E-state index contributed by atoms with van der Waals surface area (Å²) in [7, 11) is 0. The normalized spacial score (nSPS) is 11.0. The monoisotopic (exact) mass is 411 g/mol. The zero-order chi connectivity index (χ0) is 18.5. The maximum absolute atomic E-state index is 14.3. The number of nitrogens with zero attached hydrogens (tertiary/aromatic N) is 4. The fraction of sp³-hybridized carbons (Fsp3) is 0. The Bertz CT molecular complexity index is 1020. The molecule has 26 heavy (non-hydrogen) atoms. The second-order valence-corrected chi connectivity index (χ2v) is 6.01. The Kier molecular flexibility index (Phi) is 5.20. The molecule has 0 fully saturated rings. The van der Waals surface area contributed by atoms with Gasteiger partial charge in [0.1, 0.15) is 35.8 Å². The highest BCUT2D eigenvalue weighted by Crippen LogP contribution is 2.22. The summed E-state index contributed by atoms with van der Waals surface area (Å²) in [4.78, 5) is 16.1. The summed E-state index contributed by atoms with van der Waals surface area (Å²) >= 11 is 3.32. The lowest BCUT2D eigenvalue weighted by Crippen LogP contribution is -2.13. The molecule has 1 amide bonds. The van der Waals surface area contributed by atoms with Crippen molar-refractivity contribution in [3.63, 3.8) is 0 Å². The van der Waals surface area contributed by atoms with Gasteiger partial charge in [-0.25, -0.2) is 14.1 Å². The van der Waals surface area contributed by atoms with Crippen LogP contribution in [0, 0.1) is 17.1 Å². The van der Waals surface area contributed by atoms with Crippen LogP contribution in [-0.4, -0.2) is 20.7 Å². The van der Waals surface area contributed by atoms with Crippen molar-refractivity contribution in [2.75, 3.05) is 5.32 Å². The molecule has 0 aliphatic carbocycles. The van der Waals surface area contributed by atoms with Crippen molar-refractivity contribution in [3.8, 4) is 11.8 Å². The predicted molar refractivity (Wildman–Crippen MR) is 97.7 cm³/mol. The Morgan fingerprint density at radius 2 is 2.12 bits per heavy atom. The standard InChI is InChI=1S/C18H11BrFN5O/c19-14-3-1-2-4-16(14)24-18(26)13(9-21)7-12-5-6-17(15(20)8-12)25-11-22-10-23-25/h1-8,10-11H,(H,24,26)/b13-7+. The number of hydrogen-bond acceptors (Lipinski definition) is 4. The summed E-state index contributed by atoms with van der Waals surface area (Å²) in [6, 6.07) is 13.2. The van der Waals surface area contributed by atoms with E-state index in [4.69, 9.17) is 0 Å². The number of amides is 1. The van der Waals surface area contributed by atoms with Crippen molar-refractivity contribution < 1.29 is 9.18 Å². The van der Waals surface area contributed by atoms with E-state index in [9.17, 15) is 14.4 Å². The first kappa shape index (κ1) is 17.5. The largest absolute Gasteiger partial charge is 0.320 e. The molecule has 0 aliphatic heterocycles. The quantitative estimate of drug-likeness (QED) is 0.523. The molecule has 2 aromatic carbocycles. The molecule has 3 aromatic rings. The minimum atomic E-state index is -0.583. The predicted octanol–water partition coefficient (Wildman–Crippen LogP) is 3.71. The second-order valence-electron chi connectivity index (χ2n) is 5.15. The van der Waals surface area contributed by atoms with E-state index in [1.54, 1.807) is 30.3 Å². The third kappa shape index (κ3) is 3.84. The fourth-order valence-electron chi connectivity index (χ4n) is 2.20. The molecule has 1 aromatic heterocycles. The van der Waals surface area contributed by atoms with E-state index >= 15 is 0 Å². The van der Waals surface area contributed by atoms with E-state index in [1.165, 1.54) is 35.5 Å². The molecule has 8 heteroatoms. The SMILES string of the molecule is N#C/C(=C\c1ccc(-n2cncn2)c(F)c1)C(=O)Nc1ccccc1Br. The number of carbonyl (C=O) groups is 1. The van der Waals surface area contributed by atoms with E-state index in [1.807, 2.05) is 6.07 Å². The number of hydrogen-bond donors (Lipinski definition) is 1. The molecule has 3 rings (SSSR count). The van der Waals surface area contributed by atoms with E-state index in [2.05, 4.69) is 31.3 Å². The Hall–Kier alpha value is -3.31. The van der Waals surface area contributed by atoms with Crippen LogP contribution in [0.25, 0.3) is 11.8 Å². The summed E-state index contributed by atoms with van der Waals surface area (Å²) < 4.78 is 16.2. The minimum Gasteiger partial charge on any atom is -0.320 e. The minimum absolute atomic E-state index is 0.145. The highest BCUT2D eigenvalue weighted by Gasteiger charge is 2.12. The van der Waals surface area contributed by atoms with Gasteiger partial charge in [0, 0.05) is 4.47 Å². The van der Waals surface area contributed by atoms with E-state index in [-0.39, 0.29) is 11.3 Å². The average Bonchev–Trinajstić information content (AvgIpc) is 3.16. The van der Waals surface area contributed by atoms with Crippen LogP contribution in [0.1, 0.15) is 5.56 Å². The molecule has 0 spiro atoms. The molecular formula is C18H11BrFN5O. The molecule has 128 valence electrons. The summed E-state index contributed by atoms with van der Waals surface area (Å²) in [5.41, 5.74) is 0.987. The maximum Gasteiger partial charge on any atom is 0.266 e. The molecule has 0 unspecified atom stereocenters. The van der Waals surface area contributed by atoms with Crippen LogP contribution in [0.5, 0.6) is 0 Å². The van der Waals surface area contributed by atoms with Crippen LogP contribution in [0.4, 0.5) is 10.1 Å². The first-order chi connectivity index (χ1) is 12.6. The smallest absolute Gasteiger partial charge is 0.266 e. The Labute approximate surface area is 156 Å². The zero-order valence-electron chi connectivity index (χ0n) is 13.2. The third-order valence-electron chi connectivity index (χ3n) is 3.44. The van der Waals surface area contributed by atoms with Crippen molar-refractivity contribution >= 4 is 33.6 Å². The van der Waals surface area contributed by atoms with Crippen molar-refractivity contribution in [3.05, 3.63) is 76.5 Å². The topological polar surface area (TPSA) is 83.6 Å². The molecule has 0 bridgehead atoms. The van der Waals surface area contributed by atoms with Crippen molar-refractivity contribution in [2.45, 2.75) is 0 Å². The first-order valence-corrected chi connectivity index (χ1v) is 8.20. The summed E-state index contributed by atoms with van der Waals surface area (Å²) in [6.45, 7) is 0. The summed E-state index contributed by atoms with van der Waals surface area (Å²) in [5, 5.41) is 15.8. The molecule has 1 N–H and O–H groups in total. The van der Waals surface area contributed by atoms with E-state index < -0.39 is 11.7 Å². The van der Waals surface area contributed by atoms with E-state index in [0.29, 0.717) is 15.7 Å². The second kappa shape index (κ2) is 7.72. The van der Waals surface area contributed by atoms with E-state index in [0.717, 1.165) is 0 Å². The lowest BCUT2D eigenvalue weighted by atomic mass is 10.1. The number of aromatic nitrogens is 3. The van der Waals surface area contributed by atoms with Gasteiger partial charge in [0.05, 0.1) is 5.69 Å². The van der Waals surface area contributed by atoms with Crippen LogP contribution in [0.2, 0.25) is 0 Å². The van der Waals surface area contributed by atoms with Gasteiger partial charge in [-0.3, -0.25) is 4.79 Å². The Morgan fingerprint density at radius 3 is 2.77 bits per heavy atom. The van der Waals surface area contributed by atoms with Gasteiger partial charge in [0.2, 0.25) is 0 Å². The summed E-state index contributed by atoms with van der Waals surface area (Å²) in [6.07, 6.45) is 3.99. The van der Waals surface area contributed by atoms with Gasteiger partial charge >= 0.3 is 0 Å². The molecular weight excluding hydrogens is 401 g/mol. The molecule has 0 saturated carbocycles. The highest BCUT2D eigenvalue weighted by atomic mass is 79.9. The number of nitriles is 1.